The van der Waals surface area contributed by atoms with Gasteiger partial charge in [0, 0.05) is 3.57 Å². The zero-order valence-corrected chi connectivity index (χ0v) is 13.6. The van der Waals surface area contributed by atoms with Crippen LogP contribution in [0.5, 0.6) is 0 Å². The Morgan fingerprint density at radius 3 is 2.79 bits per heavy atom. The molecule has 0 aliphatic carbocycles. The molecule has 3 nitrogen and oxygen atoms in total. The number of quaternary nitrogens is 1. The molecule has 0 saturated carbocycles. The highest BCUT2D eigenvalue weighted by Crippen LogP contribution is 2.16. The third-order valence-corrected chi connectivity index (χ3v) is 4.48. The Bertz CT molecular complexity index is 542. The van der Waals surface area contributed by atoms with Gasteiger partial charge in [-0.25, -0.2) is 0 Å². The number of hydrogen-bond donors (Lipinski definition) is 2. The molecule has 2 rings (SSSR count). The quantitative estimate of drug-likeness (QED) is 0.757. The van der Waals surface area contributed by atoms with Crippen molar-refractivity contribution in [1.29, 1.82) is 0 Å². The summed E-state index contributed by atoms with van der Waals surface area (Å²) in [5, 5.41) is 5.02. The van der Waals surface area contributed by atoms with Crippen molar-refractivity contribution in [3.63, 3.8) is 0 Å². The van der Waals surface area contributed by atoms with E-state index in [1.165, 1.54) is 9.78 Å². The van der Waals surface area contributed by atoms with E-state index >= 15 is 0 Å². The lowest BCUT2D eigenvalue weighted by molar-refractivity contribution is -0.884. The van der Waals surface area contributed by atoms with Gasteiger partial charge in [0.25, 0.3) is 5.91 Å². The van der Waals surface area contributed by atoms with Crippen LogP contribution in [0, 0.1) is 3.57 Å². The standard InChI is InChI=1S/C14H15IN2OS/c1-17(9-11-5-4-8-19-11)10-14(18)16-13-7-3-2-6-12(13)15/h2-8H,9-10H2,1H3,(H,16,18)/p+1. The molecule has 0 aliphatic rings. The van der Waals surface area contributed by atoms with E-state index in [2.05, 4.69) is 39.4 Å². The van der Waals surface area contributed by atoms with E-state index in [1.807, 2.05) is 37.4 Å². The van der Waals surface area contributed by atoms with Crippen LogP contribution in [0.15, 0.2) is 41.8 Å². The van der Waals surface area contributed by atoms with Crippen LogP contribution in [0.4, 0.5) is 5.69 Å². The van der Waals surface area contributed by atoms with E-state index in [0.717, 1.165) is 15.8 Å². The fraction of sp³-hybridized carbons (Fsp3) is 0.214. The number of benzene rings is 1. The summed E-state index contributed by atoms with van der Waals surface area (Å²) in [6, 6.07) is 11.9. The Morgan fingerprint density at radius 2 is 2.11 bits per heavy atom. The van der Waals surface area contributed by atoms with Crippen LogP contribution in [-0.4, -0.2) is 19.5 Å². The molecule has 100 valence electrons. The number of halogens is 1. The van der Waals surface area contributed by atoms with Gasteiger partial charge in [-0.1, -0.05) is 18.2 Å². The second kappa shape index (κ2) is 7.02. The molecule has 0 bridgehead atoms. The Labute approximate surface area is 130 Å². The molecule has 0 radical (unpaired) electrons. The third-order valence-electron chi connectivity index (χ3n) is 2.67. The number of carbonyl (C=O) groups is 1. The molecule has 0 fully saturated rings. The minimum absolute atomic E-state index is 0.0539. The molecule has 5 heteroatoms. The zero-order chi connectivity index (χ0) is 13.7. The van der Waals surface area contributed by atoms with E-state index in [-0.39, 0.29) is 5.91 Å². The van der Waals surface area contributed by atoms with Crippen molar-refractivity contribution in [2.45, 2.75) is 6.54 Å². The topological polar surface area (TPSA) is 33.5 Å². The number of rotatable bonds is 5. The molecule has 0 aliphatic heterocycles. The van der Waals surface area contributed by atoms with E-state index in [4.69, 9.17) is 0 Å². The highest BCUT2D eigenvalue weighted by Gasteiger charge is 2.12. The summed E-state index contributed by atoms with van der Waals surface area (Å²) in [4.78, 5) is 14.5. The van der Waals surface area contributed by atoms with E-state index in [0.29, 0.717) is 6.54 Å². The Hall–Kier alpha value is -0.920. The number of anilines is 1. The van der Waals surface area contributed by atoms with E-state index in [1.54, 1.807) is 11.3 Å². The molecular formula is C14H16IN2OS+. The van der Waals surface area contributed by atoms with Gasteiger partial charge in [-0.2, -0.15) is 0 Å². The fourth-order valence-electron chi connectivity index (χ4n) is 1.80. The van der Waals surface area contributed by atoms with Gasteiger partial charge in [-0.15, -0.1) is 11.3 Å². The maximum absolute atomic E-state index is 12.0. The second-order valence-corrected chi connectivity index (χ2v) is 6.61. The molecule has 1 amide bonds. The van der Waals surface area contributed by atoms with Crippen molar-refractivity contribution in [1.82, 2.24) is 0 Å². The molecule has 0 saturated heterocycles. The third kappa shape index (κ3) is 4.59. The fourth-order valence-corrected chi connectivity index (χ4v) is 3.15. The van der Waals surface area contributed by atoms with E-state index < -0.39 is 0 Å². The van der Waals surface area contributed by atoms with Crippen LogP contribution >= 0.6 is 33.9 Å². The second-order valence-electron chi connectivity index (χ2n) is 4.42. The lowest BCUT2D eigenvalue weighted by atomic mass is 10.3. The number of carbonyl (C=O) groups excluding carboxylic acids is 1. The van der Waals surface area contributed by atoms with Gasteiger partial charge in [0.2, 0.25) is 0 Å². The molecule has 19 heavy (non-hydrogen) atoms. The summed E-state index contributed by atoms with van der Waals surface area (Å²) in [5.41, 5.74) is 0.886. The van der Waals surface area contributed by atoms with Gasteiger partial charge in [0.05, 0.1) is 17.6 Å². The van der Waals surface area contributed by atoms with Crippen LogP contribution in [0.1, 0.15) is 4.88 Å². The highest BCUT2D eigenvalue weighted by molar-refractivity contribution is 14.1. The van der Waals surface area contributed by atoms with Gasteiger partial charge in [-0.3, -0.25) is 4.79 Å². The lowest BCUT2D eigenvalue weighted by Gasteiger charge is -2.13. The van der Waals surface area contributed by atoms with E-state index in [9.17, 15) is 4.79 Å². The molecule has 0 spiro atoms. The van der Waals surface area contributed by atoms with Gasteiger partial charge in [0.15, 0.2) is 6.54 Å². The van der Waals surface area contributed by atoms with Crippen molar-refractivity contribution in [3.05, 3.63) is 50.2 Å². The van der Waals surface area contributed by atoms with Crippen LogP contribution in [-0.2, 0) is 11.3 Å². The first-order chi connectivity index (χ1) is 9.15. The van der Waals surface area contributed by atoms with Gasteiger partial charge in [0.1, 0.15) is 6.54 Å². The minimum Gasteiger partial charge on any atom is -0.325 e. The largest absolute Gasteiger partial charge is 0.325 e. The minimum atomic E-state index is 0.0539. The predicted octanol–water partition coefficient (Wildman–Crippen LogP) is 2.01. The first kappa shape index (κ1) is 14.5. The van der Waals surface area contributed by atoms with Gasteiger partial charge in [-0.05, 0) is 46.2 Å². The van der Waals surface area contributed by atoms with Crippen LogP contribution in [0.3, 0.4) is 0 Å². The molecule has 1 atom stereocenters. The molecular weight excluding hydrogens is 371 g/mol. The Kier molecular flexibility index (Phi) is 5.35. The first-order valence-electron chi connectivity index (χ1n) is 6.03. The zero-order valence-electron chi connectivity index (χ0n) is 10.7. The van der Waals surface area contributed by atoms with Crippen LogP contribution < -0.4 is 10.2 Å². The number of amides is 1. The summed E-state index contributed by atoms with van der Waals surface area (Å²) < 4.78 is 1.06. The summed E-state index contributed by atoms with van der Waals surface area (Å²) in [6.45, 7) is 1.36. The molecule has 2 N–H and O–H groups in total. The van der Waals surface area contributed by atoms with Crippen molar-refractivity contribution in [2.75, 3.05) is 18.9 Å². The van der Waals surface area contributed by atoms with Crippen LogP contribution in [0.2, 0.25) is 0 Å². The van der Waals surface area contributed by atoms with Crippen molar-refractivity contribution in [3.8, 4) is 0 Å². The first-order valence-corrected chi connectivity index (χ1v) is 7.99. The molecule has 1 unspecified atom stereocenters. The summed E-state index contributed by atoms with van der Waals surface area (Å²) in [6.07, 6.45) is 0. The SMILES string of the molecule is C[NH+](CC(=O)Nc1ccccc1I)Cc1cccs1. The number of thiophene rings is 1. The normalized spacial score (nSPS) is 12.1. The highest BCUT2D eigenvalue weighted by atomic mass is 127. The molecule has 1 aromatic carbocycles. The Morgan fingerprint density at radius 1 is 1.32 bits per heavy atom. The maximum Gasteiger partial charge on any atom is 0.279 e. The van der Waals surface area contributed by atoms with Gasteiger partial charge >= 0.3 is 0 Å². The number of para-hydroxylation sites is 1. The van der Waals surface area contributed by atoms with Crippen molar-refractivity contribution in [2.24, 2.45) is 0 Å². The number of likely N-dealkylation sites (N-methyl/N-ethyl adjacent to an activating group) is 1. The summed E-state index contributed by atoms with van der Waals surface area (Å²) in [7, 11) is 2.04. The van der Waals surface area contributed by atoms with Gasteiger partial charge < -0.3 is 10.2 Å². The molecule has 2 aromatic rings. The van der Waals surface area contributed by atoms with Crippen molar-refractivity contribution < 1.29 is 9.69 Å². The number of nitrogens with one attached hydrogen (secondary N) is 2. The van der Waals surface area contributed by atoms with Crippen LogP contribution in [0.25, 0.3) is 0 Å². The smallest absolute Gasteiger partial charge is 0.279 e. The average Bonchev–Trinajstić information content (AvgIpc) is 2.84. The summed E-state index contributed by atoms with van der Waals surface area (Å²) >= 11 is 3.96. The lowest BCUT2D eigenvalue weighted by Crippen LogP contribution is -3.08. The monoisotopic (exact) mass is 387 g/mol. The summed E-state index contributed by atoms with van der Waals surface area (Å²) in [5.74, 6) is 0.0539. The van der Waals surface area contributed by atoms with Crippen molar-refractivity contribution >= 4 is 45.5 Å². The molecule has 1 aromatic heterocycles. The average molecular weight is 387 g/mol. The number of hydrogen-bond acceptors (Lipinski definition) is 2. The predicted molar refractivity (Wildman–Crippen MR) is 87.6 cm³/mol. The Balaban J connectivity index is 1.86. The maximum atomic E-state index is 12.0. The molecule has 1 heterocycles.